The number of benzene rings is 8. The molecule has 0 unspecified atom stereocenters. The standard InChI is InChI=1S/C47H38N4/c1-35-16-19-38(20-17-35)48-39-23-30-45(31-24-39)51(47-27-18-36-10-8-9-11-37(36)34-47)46-32-25-41(26-33-46)49-40-21-28-44(29-22-40)50(42-12-4-2-5-13-42)43-14-6-3-7-15-43/h2-34,48-49H,1H3. The SMILES string of the molecule is Cc1ccc(Nc2ccc(N(c3ccc(Nc4ccc(N(c5ccccc5)c5ccccc5)cc4)cc3)c3ccc4ccccc4c3)cc2)cc1. The molecule has 8 aromatic carbocycles. The molecule has 0 saturated carbocycles. The van der Waals surface area contributed by atoms with Crippen LogP contribution in [0.25, 0.3) is 10.8 Å². The number of aryl methyl sites for hydroxylation is 1. The molecule has 0 heterocycles. The molecule has 0 radical (unpaired) electrons. The van der Waals surface area contributed by atoms with Crippen LogP contribution < -0.4 is 20.4 Å². The van der Waals surface area contributed by atoms with Crippen molar-refractivity contribution in [2.75, 3.05) is 20.4 Å². The Kier molecular flexibility index (Phi) is 8.87. The first-order valence-electron chi connectivity index (χ1n) is 17.3. The van der Waals surface area contributed by atoms with E-state index in [-0.39, 0.29) is 0 Å². The summed E-state index contributed by atoms with van der Waals surface area (Å²) in [7, 11) is 0. The first-order chi connectivity index (χ1) is 25.2. The third-order valence-corrected chi connectivity index (χ3v) is 9.03. The Labute approximate surface area is 299 Å². The van der Waals surface area contributed by atoms with Crippen LogP contribution in [0.3, 0.4) is 0 Å². The van der Waals surface area contributed by atoms with Crippen LogP contribution in [0.2, 0.25) is 0 Å². The highest BCUT2D eigenvalue weighted by atomic mass is 15.1. The van der Waals surface area contributed by atoms with E-state index in [2.05, 4.69) is 215 Å². The van der Waals surface area contributed by atoms with Crippen LogP contribution >= 0.6 is 0 Å². The Balaban J connectivity index is 1.05. The largest absolute Gasteiger partial charge is 0.356 e. The summed E-state index contributed by atoms with van der Waals surface area (Å²) in [6, 6.07) is 70.4. The Hall–Kier alpha value is -6.78. The molecule has 0 bridgehead atoms. The monoisotopic (exact) mass is 658 g/mol. The molecule has 0 fully saturated rings. The summed E-state index contributed by atoms with van der Waals surface area (Å²) in [6.45, 7) is 2.10. The van der Waals surface area contributed by atoms with Crippen molar-refractivity contribution >= 4 is 67.6 Å². The van der Waals surface area contributed by atoms with Crippen LogP contribution in [0.4, 0.5) is 56.9 Å². The zero-order chi connectivity index (χ0) is 34.4. The molecular weight excluding hydrogens is 621 g/mol. The predicted octanol–water partition coefficient (Wildman–Crippen LogP) is 13.6. The number of hydrogen-bond acceptors (Lipinski definition) is 4. The average molecular weight is 659 g/mol. The van der Waals surface area contributed by atoms with Gasteiger partial charge in [-0.2, -0.15) is 0 Å². The molecule has 0 saturated heterocycles. The summed E-state index contributed by atoms with van der Waals surface area (Å²) < 4.78 is 0. The lowest BCUT2D eigenvalue weighted by atomic mass is 10.1. The fourth-order valence-electron chi connectivity index (χ4n) is 6.42. The van der Waals surface area contributed by atoms with Gasteiger partial charge in [0.2, 0.25) is 0 Å². The van der Waals surface area contributed by atoms with E-state index in [4.69, 9.17) is 0 Å². The summed E-state index contributed by atoms with van der Waals surface area (Å²) in [4.78, 5) is 4.58. The highest BCUT2D eigenvalue weighted by molar-refractivity contribution is 5.89. The van der Waals surface area contributed by atoms with E-state index in [9.17, 15) is 0 Å². The molecule has 0 aliphatic carbocycles. The second-order valence-electron chi connectivity index (χ2n) is 12.6. The first-order valence-corrected chi connectivity index (χ1v) is 17.3. The molecule has 0 spiro atoms. The van der Waals surface area contributed by atoms with Gasteiger partial charge in [0.15, 0.2) is 0 Å². The molecule has 246 valence electrons. The third kappa shape index (κ3) is 7.17. The fourth-order valence-corrected chi connectivity index (χ4v) is 6.42. The van der Waals surface area contributed by atoms with Crippen LogP contribution in [0.5, 0.6) is 0 Å². The molecule has 2 N–H and O–H groups in total. The quantitative estimate of drug-likeness (QED) is 0.153. The Morgan fingerprint density at radius 2 is 0.627 bits per heavy atom. The maximum absolute atomic E-state index is 3.61. The van der Waals surface area contributed by atoms with Crippen LogP contribution in [-0.4, -0.2) is 0 Å². The highest BCUT2D eigenvalue weighted by Crippen LogP contribution is 2.38. The summed E-state index contributed by atoms with van der Waals surface area (Å²) in [5.74, 6) is 0. The summed E-state index contributed by atoms with van der Waals surface area (Å²) in [6.07, 6.45) is 0. The zero-order valence-corrected chi connectivity index (χ0v) is 28.4. The van der Waals surface area contributed by atoms with E-state index in [0.29, 0.717) is 0 Å². The number of anilines is 10. The lowest BCUT2D eigenvalue weighted by molar-refractivity contribution is 1.28. The van der Waals surface area contributed by atoms with Gasteiger partial charge >= 0.3 is 0 Å². The minimum atomic E-state index is 1.02. The molecule has 0 aliphatic rings. The minimum Gasteiger partial charge on any atom is -0.356 e. The zero-order valence-electron chi connectivity index (χ0n) is 28.4. The van der Waals surface area contributed by atoms with Crippen LogP contribution in [-0.2, 0) is 0 Å². The Morgan fingerprint density at radius 3 is 1.08 bits per heavy atom. The molecule has 0 aromatic heterocycles. The smallest absolute Gasteiger partial charge is 0.0468 e. The molecular formula is C47H38N4. The van der Waals surface area contributed by atoms with Crippen molar-refractivity contribution in [3.63, 3.8) is 0 Å². The molecule has 0 atom stereocenters. The van der Waals surface area contributed by atoms with Crippen molar-refractivity contribution in [2.45, 2.75) is 6.92 Å². The van der Waals surface area contributed by atoms with Gasteiger partial charge < -0.3 is 20.4 Å². The lowest BCUT2D eigenvalue weighted by Crippen LogP contribution is -2.10. The van der Waals surface area contributed by atoms with Gasteiger partial charge in [-0.1, -0.05) is 84.4 Å². The van der Waals surface area contributed by atoms with Crippen molar-refractivity contribution in [3.05, 3.63) is 206 Å². The van der Waals surface area contributed by atoms with Crippen molar-refractivity contribution < 1.29 is 0 Å². The van der Waals surface area contributed by atoms with Crippen molar-refractivity contribution in [1.82, 2.24) is 0 Å². The lowest BCUT2D eigenvalue weighted by Gasteiger charge is -2.26. The molecule has 8 aromatic rings. The second kappa shape index (κ2) is 14.4. The second-order valence-corrected chi connectivity index (χ2v) is 12.6. The normalized spacial score (nSPS) is 10.8. The number of rotatable bonds is 10. The van der Waals surface area contributed by atoms with E-state index in [0.717, 1.165) is 56.9 Å². The van der Waals surface area contributed by atoms with Crippen LogP contribution in [0, 0.1) is 6.92 Å². The summed E-state index contributed by atoms with van der Waals surface area (Å²) in [5.41, 5.74) is 12.0. The number of para-hydroxylation sites is 2. The number of nitrogens with one attached hydrogen (secondary N) is 2. The van der Waals surface area contributed by atoms with E-state index in [1.807, 2.05) is 12.1 Å². The fraction of sp³-hybridized carbons (Fsp3) is 0.0213. The van der Waals surface area contributed by atoms with Gasteiger partial charge in [0.25, 0.3) is 0 Å². The van der Waals surface area contributed by atoms with E-state index >= 15 is 0 Å². The molecule has 4 heteroatoms. The summed E-state index contributed by atoms with van der Waals surface area (Å²) >= 11 is 0. The summed E-state index contributed by atoms with van der Waals surface area (Å²) in [5, 5.41) is 9.56. The maximum Gasteiger partial charge on any atom is 0.0468 e. The number of fused-ring (bicyclic) bond motifs is 1. The first kappa shape index (κ1) is 31.5. The van der Waals surface area contributed by atoms with Crippen LogP contribution in [0.15, 0.2) is 200 Å². The van der Waals surface area contributed by atoms with Crippen molar-refractivity contribution in [2.24, 2.45) is 0 Å². The molecule has 51 heavy (non-hydrogen) atoms. The van der Waals surface area contributed by atoms with Gasteiger partial charge in [-0.3, -0.25) is 0 Å². The Morgan fingerprint density at radius 1 is 0.294 bits per heavy atom. The van der Waals surface area contributed by atoms with E-state index < -0.39 is 0 Å². The van der Waals surface area contributed by atoms with E-state index in [1.54, 1.807) is 0 Å². The van der Waals surface area contributed by atoms with Crippen molar-refractivity contribution in [1.29, 1.82) is 0 Å². The minimum absolute atomic E-state index is 1.02. The average Bonchev–Trinajstić information content (AvgIpc) is 3.19. The Bertz CT molecular complexity index is 2300. The van der Waals surface area contributed by atoms with Gasteiger partial charge in [-0.15, -0.1) is 0 Å². The maximum atomic E-state index is 3.61. The third-order valence-electron chi connectivity index (χ3n) is 9.03. The van der Waals surface area contributed by atoms with Gasteiger partial charge in [0, 0.05) is 56.9 Å². The van der Waals surface area contributed by atoms with Gasteiger partial charge in [-0.05, 0) is 139 Å². The number of nitrogens with zero attached hydrogens (tertiary/aromatic N) is 2. The highest BCUT2D eigenvalue weighted by Gasteiger charge is 2.15. The van der Waals surface area contributed by atoms with Gasteiger partial charge in [0.1, 0.15) is 0 Å². The topological polar surface area (TPSA) is 30.5 Å². The van der Waals surface area contributed by atoms with E-state index in [1.165, 1.54) is 16.3 Å². The van der Waals surface area contributed by atoms with Crippen molar-refractivity contribution in [3.8, 4) is 0 Å². The predicted molar refractivity (Wildman–Crippen MR) is 218 cm³/mol. The van der Waals surface area contributed by atoms with Gasteiger partial charge in [0.05, 0.1) is 0 Å². The molecule has 8 rings (SSSR count). The molecule has 0 amide bonds. The molecule has 4 nitrogen and oxygen atoms in total. The van der Waals surface area contributed by atoms with Crippen LogP contribution in [0.1, 0.15) is 5.56 Å². The molecule has 0 aliphatic heterocycles. The number of hydrogen-bond donors (Lipinski definition) is 2. The van der Waals surface area contributed by atoms with Gasteiger partial charge in [-0.25, -0.2) is 0 Å².